The zero-order valence-electron chi connectivity index (χ0n) is 16.0. The molecule has 0 aliphatic rings. The Kier molecular flexibility index (Phi) is 7.62. The molecule has 0 atom stereocenters. The molecule has 2 aromatic heterocycles. The second-order valence-corrected chi connectivity index (χ2v) is 9.40. The van der Waals surface area contributed by atoms with Crippen LogP contribution in [0.5, 0.6) is 0 Å². The second kappa shape index (κ2) is 10.4. The molecule has 1 aromatic carbocycles. The molecule has 0 aliphatic carbocycles. The summed E-state index contributed by atoms with van der Waals surface area (Å²) >= 11 is 4.25. The lowest BCUT2D eigenvalue weighted by Gasteiger charge is -2.08. The molecule has 0 saturated carbocycles. The van der Waals surface area contributed by atoms with Crippen molar-refractivity contribution in [3.05, 3.63) is 51.7 Å². The number of aromatic nitrogens is 2. The number of anilines is 2. The van der Waals surface area contributed by atoms with E-state index < -0.39 is 6.03 Å². The lowest BCUT2D eigenvalue weighted by Crippen LogP contribution is -2.41. The number of benzene rings is 1. The number of amides is 3. The lowest BCUT2D eigenvalue weighted by atomic mass is 10.1. The molecule has 0 saturated heterocycles. The second-order valence-electron chi connectivity index (χ2n) is 6.17. The highest BCUT2D eigenvalue weighted by Gasteiger charge is 2.11. The van der Waals surface area contributed by atoms with Crippen LogP contribution in [-0.4, -0.2) is 34.4 Å². The predicted octanol–water partition coefficient (Wildman–Crippen LogP) is 4.12. The van der Waals surface area contributed by atoms with E-state index in [1.54, 1.807) is 11.3 Å². The number of imide groups is 1. The Morgan fingerprint density at radius 1 is 1.14 bits per heavy atom. The van der Waals surface area contributed by atoms with Gasteiger partial charge in [-0.15, -0.1) is 21.5 Å². The standard InChI is InChI=1S/C19H21N5O2S3/c1-12-5-3-7-15(13(12)2)21-18-23-24-19(29-18)28-11-16(25)22-17(26)20-9-8-14-6-4-10-27-14/h3-7,10H,8-9,11H2,1-2H3,(H,21,23)(H2,20,22,25,26). The van der Waals surface area contributed by atoms with Crippen molar-refractivity contribution >= 4 is 57.2 Å². The van der Waals surface area contributed by atoms with Gasteiger partial charge in [0, 0.05) is 17.1 Å². The highest BCUT2D eigenvalue weighted by Crippen LogP contribution is 2.29. The van der Waals surface area contributed by atoms with Crippen molar-refractivity contribution in [1.82, 2.24) is 20.8 Å². The first-order chi connectivity index (χ1) is 14.0. The zero-order valence-corrected chi connectivity index (χ0v) is 18.5. The van der Waals surface area contributed by atoms with Crippen molar-refractivity contribution in [1.29, 1.82) is 0 Å². The Bertz CT molecular complexity index is 972. The topological polar surface area (TPSA) is 96.0 Å². The first-order valence-corrected chi connectivity index (χ1v) is 11.6. The molecule has 0 fully saturated rings. The monoisotopic (exact) mass is 447 g/mol. The van der Waals surface area contributed by atoms with E-state index in [0.717, 1.165) is 17.7 Å². The van der Waals surface area contributed by atoms with Crippen molar-refractivity contribution in [3.8, 4) is 0 Å². The molecule has 0 unspecified atom stereocenters. The van der Waals surface area contributed by atoms with Crippen LogP contribution in [0.15, 0.2) is 40.1 Å². The van der Waals surface area contributed by atoms with Crippen LogP contribution in [0.1, 0.15) is 16.0 Å². The van der Waals surface area contributed by atoms with Gasteiger partial charge >= 0.3 is 6.03 Å². The van der Waals surface area contributed by atoms with Crippen molar-refractivity contribution in [2.45, 2.75) is 24.6 Å². The van der Waals surface area contributed by atoms with Gasteiger partial charge in [-0.3, -0.25) is 10.1 Å². The van der Waals surface area contributed by atoms with E-state index in [-0.39, 0.29) is 11.7 Å². The number of aryl methyl sites for hydroxylation is 1. The Morgan fingerprint density at radius 3 is 2.79 bits per heavy atom. The van der Waals surface area contributed by atoms with Gasteiger partial charge in [-0.1, -0.05) is 41.3 Å². The fourth-order valence-corrected chi connectivity index (χ4v) is 4.68. The smallest absolute Gasteiger partial charge is 0.321 e. The minimum atomic E-state index is -0.485. The summed E-state index contributed by atoms with van der Waals surface area (Å²) in [6.07, 6.45) is 0.745. The van der Waals surface area contributed by atoms with Gasteiger partial charge < -0.3 is 10.6 Å². The first kappa shape index (κ1) is 21.3. The van der Waals surface area contributed by atoms with Gasteiger partial charge in [0.2, 0.25) is 11.0 Å². The molecule has 152 valence electrons. The highest BCUT2D eigenvalue weighted by molar-refractivity contribution is 8.01. The molecule has 3 N–H and O–H groups in total. The third-order valence-electron chi connectivity index (χ3n) is 4.07. The van der Waals surface area contributed by atoms with Crippen molar-refractivity contribution in [3.63, 3.8) is 0 Å². The molecule has 0 aliphatic heterocycles. The normalized spacial score (nSPS) is 10.6. The van der Waals surface area contributed by atoms with E-state index in [4.69, 9.17) is 0 Å². The van der Waals surface area contributed by atoms with Gasteiger partial charge in [-0.25, -0.2) is 4.79 Å². The minimum Gasteiger partial charge on any atom is -0.337 e. The Hall–Kier alpha value is -2.43. The average molecular weight is 448 g/mol. The molecular formula is C19H21N5O2S3. The van der Waals surface area contributed by atoms with E-state index in [1.807, 2.05) is 36.6 Å². The third-order valence-corrected chi connectivity index (χ3v) is 6.98. The maximum Gasteiger partial charge on any atom is 0.321 e. The molecule has 0 radical (unpaired) electrons. The van der Waals surface area contributed by atoms with Gasteiger partial charge in [0.15, 0.2) is 4.34 Å². The number of thiophene rings is 1. The van der Waals surface area contributed by atoms with Crippen LogP contribution in [0, 0.1) is 13.8 Å². The Morgan fingerprint density at radius 2 is 2.00 bits per heavy atom. The molecule has 0 spiro atoms. The summed E-state index contributed by atoms with van der Waals surface area (Å²) in [5.74, 6) is -0.279. The molecule has 2 heterocycles. The number of carbonyl (C=O) groups is 2. The number of rotatable bonds is 8. The van der Waals surface area contributed by atoms with E-state index in [9.17, 15) is 9.59 Å². The molecule has 10 heteroatoms. The van der Waals surface area contributed by atoms with Gasteiger partial charge in [-0.05, 0) is 48.9 Å². The lowest BCUT2D eigenvalue weighted by molar-refractivity contribution is -0.117. The van der Waals surface area contributed by atoms with Gasteiger partial charge in [0.25, 0.3) is 0 Å². The van der Waals surface area contributed by atoms with Gasteiger partial charge in [0.1, 0.15) is 0 Å². The van der Waals surface area contributed by atoms with Gasteiger partial charge in [-0.2, -0.15) is 0 Å². The summed E-state index contributed by atoms with van der Waals surface area (Å²) in [5.41, 5.74) is 3.33. The average Bonchev–Trinajstić information content (AvgIpc) is 3.36. The molecule has 7 nitrogen and oxygen atoms in total. The number of nitrogens with zero attached hydrogens (tertiary/aromatic N) is 2. The maximum absolute atomic E-state index is 11.9. The number of carbonyl (C=O) groups excluding carboxylic acids is 2. The number of hydrogen-bond donors (Lipinski definition) is 3. The Labute approximate surface area is 181 Å². The Balaban J connectivity index is 1.40. The van der Waals surface area contributed by atoms with Crippen molar-refractivity contribution in [2.75, 3.05) is 17.6 Å². The van der Waals surface area contributed by atoms with E-state index in [1.165, 1.54) is 33.5 Å². The molecule has 3 aromatic rings. The largest absolute Gasteiger partial charge is 0.337 e. The molecule has 3 rings (SSSR count). The zero-order chi connectivity index (χ0) is 20.6. The SMILES string of the molecule is Cc1cccc(Nc2nnc(SCC(=O)NC(=O)NCCc3cccs3)s2)c1C. The number of nitrogens with one attached hydrogen (secondary N) is 3. The molecule has 29 heavy (non-hydrogen) atoms. The van der Waals surface area contributed by atoms with Crippen LogP contribution in [0.25, 0.3) is 0 Å². The summed E-state index contributed by atoms with van der Waals surface area (Å²) in [6, 6.07) is 9.52. The van der Waals surface area contributed by atoms with Crippen molar-refractivity contribution < 1.29 is 9.59 Å². The first-order valence-electron chi connectivity index (χ1n) is 8.91. The summed E-state index contributed by atoms with van der Waals surface area (Å²) < 4.78 is 0.658. The number of thioether (sulfide) groups is 1. The number of hydrogen-bond acceptors (Lipinski definition) is 8. The summed E-state index contributed by atoms with van der Waals surface area (Å²) in [7, 11) is 0. The fourth-order valence-electron chi connectivity index (χ4n) is 2.41. The van der Waals surface area contributed by atoms with Crippen LogP contribution in [0.2, 0.25) is 0 Å². The summed E-state index contributed by atoms with van der Waals surface area (Å²) in [5, 5.41) is 19.1. The van der Waals surface area contributed by atoms with E-state index in [2.05, 4.69) is 39.1 Å². The van der Waals surface area contributed by atoms with E-state index in [0.29, 0.717) is 16.0 Å². The van der Waals surface area contributed by atoms with E-state index >= 15 is 0 Å². The van der Waals surface area contributed by atoms with Crippen LogP contribution < -0.4 is 16.0 Å². The van der Waals surface area contributed by atoms with Crippen LogP contribution in [0.4, 0.5) is 15.6 Å². The quantitative estimate of drug-likeness (QED) is 0.450. The fraction of sp³-hybridized carbons (Fsp3) is 0.263. The molecular weight excluding hydrogens is 426 g/mol. The molecule has 3 amide bonds. The maximum atomic E-state index is 11.9. The van der Waals surface area contributed by atoms with Crippen LogP contribution in [-0.2, 0) is 11.2 Å². The number of urea groups is 1. The third kappa shape index (κ3) is 6.55. The highest BCUT2D eigenvalue weighted by atomic mass is 32.2. The van der Waals surface area contributed by atoms with Crippen LogP contribution >= 0.6 is 34.4 Å². The molecule has 0 bridgehead atoms. The summed E-state index contributed by atoms with van der Waals surface area (Å²) in [6.45, 7) is 4.58. The minimum absolute atomic E-state index is 0.0937. The van der Waals surface area contributed by atoms with Crippen LogP contribution in [0.3, 0.4) is 0 Å². The predicted molar refractivity (Wildman–Crippen MR) is 119 cm³/mol. The van der Waals surface area contributed by atoms with Gasteiger partial charge in [0.05, 0.1) is 5.75 Å². The summed E-state index contributed by atoms with van der Waals surface area (Å²) in [4.78, 5) is 24.9. The van der Waals surface area contributed by atoms with Crippen molar-refractivity contribution in [2.24, 2.45) is 0 Å².